The summed E-state index contributed by atoms with van der Waals surface area (Å²) in [5.41, 5.74) is 1.68. The first-order valence-corrected chi connectivity index (χ1v) is 6.64. The van der Waals surface area contributed by atoms with Crippen molar-refractivity contribution in [3.05, 3.63) is 54.4 Å². The van der Waals surface area contributed by atoms with Crippen LogP contribution >= 0.6 is 0 Å². The molecule has 1 amide bonds. The molecular formula is C16H18N2O2. The molecule has 4 heteroatoms. The number of ether oxygens (including phenoxy) is 1. The van der Waals surface area contributed by atoms with Gasteiger partial charge < -0.3 is 10.1 Å². The minimum Gasteiger partial charge on any atom is -0.480 e. The van der Waals surface area contributed by atoms with Gasteiger partial charge in [-0.25, -0.2) is 0 Å². The van der Waals surface area contributed by atoms with E-state index in [1.54, 1.807) is 24.5 Å². The van der Waals surface area contributed by atoms with E-state index in [0.29, 0.717) is 12.1 Å². The Bertz CT molecular complexity index is 570. The van der Waals surface area contributed by atoms with Crippen LogP contribution in [0, 0.1) is 6.92 Å². The second-order valence-corrected chi connectivity index (χ2v) is 4.51. The normalized spacial score (nSPS) is 11.7. The summed E-state index contributed by atoms with van der Waals surface area (Å²) in [6.45, 7) is 3.88. The van der Waals surface area contributed by atoms with E-state index in [1.165, 1.54) is 0 Å². The largest absolute Gasteiger partial charge is 0.480 e. The third kappa shape index (κ3) is 3.57. The number of nitrogens with one attached hydrogen (secondary N) is 1. The highest BCUT2D eigenvalue weighted by molar-refractivity contribution is 5.94. The standard InChI is InChI=1S/C16H18N2O2/c1-3-14(20-15-9-5-4-7-12(15)2)16(19)18-13-8-6-10-17-11-13/h4-11,14H,3H2,1-2H3,(H,18,19)/t14-/m1/s1. The second kappa shape index (κ2) is 6.70. The highest BCUT2D eigenvalue weighted by Gasteiger charge is 2.19. The number of carbonyl (C=O) groups excluding carboxylic acids is 1. The fourth-order valence-electron chi connectivity index (χ4n) is 1.82. The maximum Gasteiger partial charge on any atom is 0.265 e. The molecule has 0 radical (unpaired) electrons. The quantitative estimate of drug-likeness (QED) is 0.907. The van der Waals surface area contributed by atoms with Gasteiger partial charge in [0.15, 0.2) is 6.10 Å². The van der Waals surface area contributed by atoms with Gasteiger partial charge in [0.25, 0.3) is 5.91 Å². The predicted molar refractivity (Wildman–Crippen MR) is 78.8 cm³/mol. The van der Waals surface area contributed by atoms with Gasteiger partial charge >= 0.3 is 0 Å². The highest BCUT2D eigenvalue weighted by atomic mass is 16.5. The lowest BCUT2D eigenvalue weighted by atomic mass is 10.2. The molecule has 0 unspecified atom stereocenters. The van der Waals surface area contributed by atoms with Gasteiger partial charge in [-0.15, -0.1) is 0 Å². The van der Waals surface area contributed by atoms with Crippen LogP contribution in [0.4, 0.5) is 5.69 Å². The van der Waals surface area contributed by atoms with Crippen molar-refractivity contribution in [2.45, 2.75) is 26.4 Å². The van der Waals surface area contributed by atoms with Crippen molar-refractivity contribution in [1.29, 1.82) is 0 Å². The number of pyridine rings is 1. The van der Waals surface area contributed by atoms with Crippen molar-refractivity contribution in [2.75, 3.05) is 5.32 Å². The Morgan fingerprint density at radius 1 is 1.30 bits per heavy atom. The molecular weight excluding hydrogens is 252 g/mol. The molecule has 4 nitrogen and oxygen atoms in total. The first kappa shape index (κ1) is 14.1. The number of para-hydroxylation sites is 1. The van der Waals surface area contributed by atoms with Gasteiger partial charge in [0.05, 0.1) is 11.9 Å². The summed E-state index contributed by atoms with van der Waals surface area (Å²) < 4.78 is 5.80. The van der Waals surface area contributed by atoms with Gasteiger partial charge in [-0.05, 0) is 37.1 Å². The van der Waals surface area contributed by atoms with Crippen LogP contribution in [0.25, 0.3) is 0 Å². The van der Waals surface area contributed by atoms with Crippen molar-refractivity contribution in [2.24, 2.45) is 0 Å². The van der Waals surface area contributed by atoms with E-state index in [1.807, 2.05) is 38.1 Å². The molecule has 1 aromatic carbocycles. The molecule has 0 saturated carbocycles. The van der Waals surface area contributed by atoms with Crippen LogP contribution in [-0.4, -0.2) is 17.0 Å². The van der Waals surface area contributed by atoms with Gasteiger partial charge in [-0.1, -0.05) is 25.1 Å². The van der Waals surface area contributed by atoms with Crippen LogP contribution in [0.1, 0.15) is 18.9 Å². The molecule has 1 N–H and O–H groups in total. The number of amides is 1. The molecule has 2 aromatic rings. The van der Waals surface area contributed by atoms with Crippen LogP contribution < -0.4 is 10.1 Å². The Morgan fingerprint density at radius 3 is 2.75 bits per heavy atom. The van der Waals surface area contributed by atoms with Crippen molar-refractivity contribution in [1.82, 2.24) is 4.98 Å². The van der Waals surface area contributed by atoms with E-state index in [4.69, 9.17) is 4.74 Å². The number of hydrogen-bond acceptors (Lipinski definition) is 3. The first-order valence-electron chi connectivity index (χ1n) is 6.64. The van der Waals surface area contributed by atoms with Crippen LogP contribution in [0.15, 0.2) is 48.8 Å². The third-order valence-electron chi connectivity index (χ3n) is 2.96. The summed E-state index contributed by atoms with van der Waals surface area (Å²) in [6, 6.07) is 11.2. The summed E-state index contributed by atoms with van der Waals surface area (Å²) in [6.07, 6.45) is 3.35. The molecule has 20 heavy (non-hydrogen) atoms. The molecule has 1 aromatic heterocycles. The summed E-state index contributed by atoms with van der Waals surface area (Å²) in [5.74, 6) is 0.574. The average Bonchev–Trinajstić information content (AvgIpc) is 2.47. The monoisotopic (exact) mass is 270 g/mol. The van der Waals surface area contributed by atoms with Gasteiger partial charge in [-0.2, -0.15) is 0 Å². The number of carbonyl (C=O) groups is 1. The Balaban J connectivity index is 2.05. The van der Waals surface area contributed by atoms with E-state index in [-0.39, 0.29) is 5.91 Å². The number of anilines is 1. The van der Waals surface area contributed by atoms with Gasteiger partial charge in [0.1, 0.15) is 5.75 Å². The number of benzene rings is 1. The van der Waals surface area contributed by atoms with Crippen molar-refractivity contribution >= 4 is 11.6 Å². The molecule has 2 rings (SSSR count). The van der Waals surface area contributed by atoms with Gasteiger partial charge in [0.2, 0.25) is 0 Å². The molecule has 0 saturated heterocycles. The van der Waals surface area contributed by atoms with Crippen molar-refractivity contribution < 1.29 is 9.53 Å². The predicted octanol–water partition coefficient (Wildman–Crippen LogP) is 3.19. The Labute approximate surface area is 118 Å². The molecule has 0 aliphatic rings. The zero-order valence-corrected chi connectivity index (χ0v) is 11.7. The van der Waals surface area contributed by atoms with Crippen LogP contribution in [0.5, 0.6) is 5.75 Å². The van der Waals surface area contributed by atoms with Crippen LogP contribution in [-0.2, 0) is 4.79 Å². The molecule has 1 atom stereocenters. The fourth-order valence-corrected chi connectivity index (χ4v) is 1.82. The lowest BCUT2D eigenvalue weighted by Gasteiger charge is -2.18. The molecule has 0 aliphatic carbocycles. The molecule has 0 spiro atoms. The first-order chi connectivity index (χ1) is 9.70. The van der Waals surface area contributed by atoms with Gasteiger partial charge in [0, 0.05) is 6.20 Å². The van der Waals surface area contributed by atoms with E-state index in [2.05, 4.69) is 10.3 Å². The minimum atomic E-state index is -0.517. The lowest BCUT2D eigenvalue weighted by Crippen LogP contribution is -2.32. The average molecular weight is 270 g/mol. The smallest absolute Gasteiger partial charge is 0.265 e. The number of aryl methyl sites for hydroxylation is 1. The van der Waals surface area contributed by atoms with E-state index in [9.17, 15) is 4.79 Å². The number of rotatable bonds is 5. The summed E-state index contributed by atoms with van der Waals surface area (Å²) in [7, 11) is 0. The number of nitrogens with zero attached hydrogens (tertiary/aromatic N) is 1. The number of hydrogen-bond donors (Lipinski definition) is 1. The maximum atomic E-state index is 12.2. The summed E-state index contributed by atoms with van der Waals surface area (Å²) >= 11 is 0. The molecule has 0 fully saturated rings. The van der Waals surface area contributed by atoms with Crippen molar-refractivity contribution in [3.63, 3.8) is 0 Å². The highest BCUT2D eigenvalue weighted by Crippen LogP contribution is 2.19. The molecule has 104 valence electrons. The number of aromatic nitrogens is 1. The SMILES string of the molecule is CC[C@@H](Oc1ccccc1C)C(=O)Nc1cccnc1. The Morgan fingerprint density at radius 2 is 2.10 bits per heavy atom. The lowest BCUT2D eigenvalue weighted by molar-refractivity contribution is -0.122. The Hall–Kier alpha value is -2.36. The van der Waals surface area contributed by atoms with Crippen molar-refractivity contribution in [3.8, 4) is 5.75 Å². The molecule has 1 heterocycles. The van der Waals surface area contributed by atoms with E-state index < -0.39 is 6.10 Å². The topological polar surface area (TPSA) is 51.2 Å². The second-order valence-electron chi connectivity index (χ2n) is 4.51. The van der Waals surface area contributed by atoms with Crippen LogP contribution in [0.3, 0.4) is 0 Å². The Kier molecular flexibility index (Phi) is 4.71. The van der Waals surface area contributed by atoms with Gasteiger partial charge in [-0.3, -0.25) is 9.78 Å². The zero-order chi connectivity index (χ0) is 14.4. The minimum absolute atomic E-state index is 0.163. The fraction of sp³-hybridized carbons (Fsp3) is 0.250. The van der Waals surface area contributed by atoms with Crippen LogP contribution in [0.2, 0.25) is 0 Å². The summed E-state index contributed by atoms with van der Waals surface area (Å²) in [5, 5.41) is 2.81. The summed E-state index contributed by atoms with van der Waals surface area (Å²) in [4.78, 5) is 16.2. The molecule has 0 bridgehead atoms. The van der Waals surface area contributed by atoms with E-state index in [0.717, 1.165) is 11.3 Å². The van der Waals surface area contributed by atoms with E-state index >= 15 is 0 Å². The third-order valence-corrected chi connectivity index (χ3v) is 2.96. The molecule has 0 aliphatic heterocycles. The maximum absolute atomic E-state index is 12.2. The zero-order valence-electron chi connectivity index (χ0n) is 11.7.